The zero-order valence-corrected chi connectivity index (χ0v) is 8.31. The molecular formula is C9H10N2O4. The van der Waals surface area contributed by atoms with E-state index < -0.39 is 10.8 Å². The number of carbonyl (C=O) groups is 1. The molecule has 0 saturated heterocycles. The van der Waals surface area contributed by atoms with E-state index in [1.165, 1.54) is 25.3 Å². The number of hydrogen-bond donors (Lipinski definition) is 1. The van der Waals surface area contributed by atoms with Crippen LogP contribution in [0.2, 0.25) is 0 Å². The van der Waals surface area contributed by atoms with Crippen LogP contribution in [0.25, 0.3) is 0 Å². The van der Waals surface area contributed by atoms with Crippen molar-refractivity contribution in [3.63, 3.8) is 0 Å². The summed E-state index contributed by atoms with van der Waals surface area (Å²) in [6, 6.07) is 4.00. The van der Waals surface area contributed by atoms with Gasteiger partial charge in [0.25, 0.3) is 11.6 Å². The SMILES string of the molecule is CONC(=O)c1ccc([N+](=O)[O-])cc1C. The third-order valence-corrected chi connectivity index (χ3v) is 1.86. The lowest BCUT2D eigenvalue weighted by Gasteiger charge is -2.04. The van der Waals surface area contributed by atoms with Crippen LogP contribution in [0.4, 0.5) is 5.69 Å². The Morgan fingerprint density at radius 1 is 1.53 bits per heavy atom. The molecule has 80 valence electrons. The number of non-ortho nitro benzene ring substituents is 1. The lowest BCUT2D eigenvalue weighted by atomic mass is 10.1. The van der Waals surface area contributed by atoms with E-state index in [9.17, 15) is 14.9 Å². The molecule has 6 heteroatoms. The summed E-state index contributed by atoms with van der Waals surface area (Å²) >= 11 is 0. The number of rotatable bonds is 3. The van der Waals surface area contributed by atoms with Crippen molar-refractivity contribution in [3.8, 4) is 0 Å². The van der Waals surface area contributed by atoms with Gasteiger partial charge in [0.2, 0.25) is 0 Å². The topological polar surface area (TPSA) is 81.5 Å². The minimum atomic E-state index is -0.509. The third-order valence-electron chi connectivity index (χ3n) is 1.86. The smallest absolute Gasteiger partial charge is 0.275 e. The molecule has 0 aliphatic carbocycles. The molecular weight excluding hydrogens is 200 g/mol. The minimum Gasteiger partial charge on any atom is -0.277 e. The van der Waals surface area contributed by atoms with Gasteiger partial charge in [-0.1, -0.05) is 0 Å². The maximum Gasteiger partial charge on any atom is 0.275 e. The van der Waals surface area contributed by atoms with Crippen molar-refractivity contribution in [2.24, 2.45) is 0 Å². The van der Waals surface area contributed by atoms with Crippen LogP contribution < -0.4 is 5.48 Å². The summed E-state index contributed by atoms with van der Waals surface area (Å²) in [5.74, 6) is -0.426. The number of hydrogen-bond acceptors (Lipinski definition) is 4. The maximum atomic E-state index is 11.3. The highest BCUT2D eigenvalue weighted by Crippen LogP contribution is 2.16. The summed E-state index contributed by atoms with van der Waals surface area (Å²) in [5.41, 5.74) is 2.98. The van der Waals surface area contributed by atoms with Gasteiger partial charge in [0.05, 0.1) is 12.0 Å². The molecule has 0 heterocycles. The average Bonchev–Trinajstić information content (AvgIpc) is 2.17. The van der Waals surface area contributed by atoms with Gasteiger partial charge < -0.3 is 0 Å². The molecule has 0 saturated carbocycles. The molecule has 15 heavy (non-hydrogen) atoms. The highest BCUT2D eigenvalue weighted by atomic mass is 16.6. The molecule has 0 aromatic heterocycles. The zero-order chi connectivity index (χ0) is 11.4. The van der Waals surface area contributed by atoms with E-state index in [2.05, 4.69) is 10.3 Å². The van der Waals surface area contributed by atoms with Gasteiger partial charge in [0.15, 0.2) is 0 Å². The first-order chi connectivity index (χ1) is 7.06. The summed E-state index contributed by atoms with van der Waals surface area (Å²) in [4.78, 5) is 25.7. The molecule has 6 nitrogen and oxygen atoms in total. The molecule has 1 N–H and O–H groups in total. The normalized spacial score (nSPS) is 9.73. The lowest BCUT2D eigenvalue weighted by molar-refractivity contribution is -0.384. The van der Waals surface area contributed by atoms with Crippen molar-refractivity contribution in [1.82, 2.24) is 5.48 Å². The molecule has 1 aromatic rings. The van der Waals surface area contributed by atoms with Crippen LogP contribution in [0.1, 0.15) is 15.9 Å². The van der Waals surface area contributed by atoms with Gasteiger partial charge in [0.1, 0.15) is 0 Å². The largest absolute Gasteiger partial charge is 0.277 e. The number of amides is 1. The van der Waals surface area contributed by atoms with E-state index in [1.807, 2.05) is 0 Å². The molecule has 1 rings (SSSR count). The molecule has 1 aromatic carbocycles. The van der Waals surface area contributed by atoms with Crippen molar-refractivity contribution in [3.05, 3.63) is 39.4 Å². The van der Waals surface area contributed by atoms with E-state index in [1.54, 1.807) is 6.92 Å². The number of benzene rings is 1. The van der Waals surface area contributed by atoms with Crippen molar-refractivity contribution < 1.29 is 14.6 Å². The standard InChI is InChI=1S/C9H10N2O4/c1-6-5-7(11(13)14)3-4-8(6)9(12)10-15-2/h3-5H,1-2H3,(H,10,12). The molecule has 0 spiro atoms. The van der Waals surface area contributed by atoms with Crippen molar-refractivity contribution >= 4 is 11.6 Å². The quantitative estimate of drug-likeness (QED) is 0.600. The Bertz CT molecular complexity index is 403. The number of hydroxylamine groups is 1. The van der Waals surface area contributed by atoms with Crippen LogP contribution in [0.15, 0.2) is 18.2 Å². The van der Waals surface area contributed by atoms with Crippen LogP contribution in [-0.4, -0.2) is 17.9 Å². The first kappa shape index (κ1) is 11.1. The van der Waals surface area contributed by atoms with Crippen LogP contribution in [0.5, 0.6) is 0 Å². The molecule has 0 aliphatic rings. The molecule has 0 aliphatic heterocycles. The molecule has 0 fully saturated rings. The summed E-state index contributed by atoms with van der Waals surface area (Å²) in [6.45, 7) is 1.62. The number of carbonyl (C=O) groups excluding carboxylic acids is 1. The fraction of sp³-hybridized carbons (Fsp3) is 0.222. The van der Waals surface area contributed by atoms with Crippen LogP contribution in [0.3, 0.4) is 0 Å². The van der Waals surface area contributed by atoms with Gasteiger partial charge in [-0.15, -0.1) is 0 Å². The monoisotopic (exact) mass is 210 g/mol. The van der Waals surface area contributed by atoms with Crippen molar-refractivity contribution in [2.45, 2.75) is 6.92 Å². The highest BCUT2D eigenvalue weighted by molar-refractivity contribution is 5.95. The lowest BCUT2D eigenvalue weighted by Crippen LogP contribution is -2.22. The number of aryl methyl sites for hydroxylation is 1. The molecule has 1 amide bonds. The Morgan fingerprint density at radius 2 is 2.20 bits per heavy atom. The summed E-state index contributed by atoms with van der Waals surface area (Å²) in [7, 11) is 1.32. The Kier molecular flexibility index (Phi) is 3.35. The second kappa shape index (κ2) is 4.52. The number of nitrogens with zero attached hydrogens (tertiary/aromatic N) is 1. The number of nitro benzene ring substituents is 1. The minimum absolute atomic E-state index is 0.0403. The number of nitro groups is 1. The molecule has 0 unspecified atom stereocenters. The Balaban J connectivity index is 3.03. The van der Waals surface area contributed by atoms with Crippen LogP contribution >= 0.6 is 0 Å². The average molecular weight is 210 g/mol. The summed E-state index contributed by atoms with van der Waals surface area (Å²) in [5, 5.41) is 10.4. The summed E-state index contributed by atoms with van der Waals surface area (Å²) in [6.07, 6.45) is 0. The number of nitrogens with one attached hydrogen (secondary N) is 1. The van der Waals surface area contributed by atoms with Gasteiger partial charge in [-0.25, -0.2) is 5.48 Å². The Labute approximate surface area is 86.0 Å². The Morgan fingerprint density at radius 3 is 2.67 bits per heavy atom. The second-order valence-electron chi connectivity index (χ2n) is 2.89. The van der Waals surface area contributed by atoms with Crippen molar-refractivity contribution in [2.75, 3.05) is 7.11 Å². The van der Waals surface area contributed by atoms with Gasteiger partial charge in [0, 0.05) is 17.7 Å². The summed E-state index contributed by atoms with van der Waals surface area (Å²) < 4.78 is 0. The first-order valence-electron chi connectivity index (χ1n) is 4.14. The van der Waals surface area contributed by atoms with Crippen molar-refractivity contribution in [1.29, 1.82) is 0 Å². The van der Waals surface area contributed by atoms with Gasteiger partial charge in [-0.3, -0.25) is 19.7 Å². The molecule has 0 atom stereocenters. The van der Waals surface area contributed by atoms with E-state index in [4.69, 9.17) is 0 Å². The van der Waals surface area contributed by atoms with Gasteiger partial charge >= 0.3 is 0 Å². The predicted molar refractivity (Wildman–Crippen MR) is 52.3 cm³/mol. The second-order valence-corrected chi connectivity index (χ2v) is 2.89. The van der Waals surface area contributed by atoms with E-state index >= 15 is 0 Å². The predicted octanol–water partition coefficient (Wildman–Crippen LogP) is 1.19. The fourth-order valence-electron chi connectivity index (χ4n) is 1.16. The molecule has 0 bridgehead atoms. The Hall–Kier alpha value is -1.95. The van der Waals surface area contributed by atoms with Crippen LogP contribution in [-0.2, 0) is 4.84 Å². The van der Waals surface area contributed by atoms with Crippen LogP contribution in [0, 0.1) is 17.0 Å². The third kappa shape index (κ3) is 2.50. The molecule has 0 radical (unpaired) electrons. The van der Waals surface area contributed by atoms with Gasteiger partial charge in [-0.05, 0) is 18.6 Å². The first-order valence-corrected chi connectivity index (χ1v) is 4.14. The van der Waals surface area contributed by atoms with E-state index in [-0.39, 0.29) is 5.69 Å². The van der Waals surface area contributed by atoms with E-state index in [0.717, 1.165) is 0 Å². The van der Waals surface area contributed by atoms with E-state index in [0.29, 0.717) is 11.1 Å². The van der Waals surface area contributed by atoms with Gasteiger partial charge in [-0.2, -0.15) is 0 Å². The zero-order valence-electron chi connectivity index (χ0n) is 8.31. The maximum absolute atomic E-state index is 11.3. The highest BCUT2D eigenvalue weighted by Gasteiger charge is 2.12. The fourth-order valence-corrected chi connectivity index (χ4v) is 1.16.